The van der Waals surface area contributed by atoms with Crippen LogP contribution in [0.1, 0.15) is 27.0 Å². The number of ketones is 1. The quantitative estimate of drug-likeness (QED) is 0.198. The van der Waals surface area contributed by atoms with Crippen molar-refractivity contribution in [3.63, 3.8) is 0 Å². The van der Waals surface area contributed by atoms with Crippen molar-refractivity contribution in [3.8, 4) is 45.3 Å². The van der Waals surface area contributed by atoms with E-state index in [0.29, 0.717) is 28.4 Å². The molecule has 0 saturated heterocycles. The summed E-state index contributed by atoms with van der Waals surface area (Å²) in [7, 11) is 4.78. The van der Waals surface area contributed by atoms with Crippen molar-refractivity contribution >= 4 is 5.78 Å². The molecule has 5 nitrogen and oxygen atoms in total. The summed E-state index contributed by atoms with van der Waals surface area (Å²) in [6, 6.07) is 29.9. The lowest BCUT2D eigenvalue weighted by Crippen LogP contribution is -2.02. The highest BCUT2D eigenvalue weighted by Crippen LogP contribution is 2.44. The van der Waals surface area contributed by atoms with E-state index in [1.54, 1.807) is 21.3 Å². The number of methoxy groups -OCH3 is 3. The Hall–Kier alpha value is -4.77. The fraction of sp³-hybridized carbons (Fsp3) is 0.147. The number of aromatic nitrogens is 1. The van der Waals surface area contributed by atoms with Gasteiger partial charge in [0, 0.05) is 35.0 Å². The maximum absolute atomic E-state index is 14.1. The lowest BCUT2D eigenvalue weighted by atomic mass is 9.93. The Morgan fingerprint density at radius 3 is 1.77 bits per heavy atom. The normalized spacial score (nSPS) is 10.8. The molecule has 0 spiro atoms. The van der Waals surface area contributed by atoms with Crippen molar-refractivity contribution in [3.05, 3.63) is 119 Å². The molecule has 0 aliphatic carbocycles. The van der Waals surface area contributed by atoms with Crippen LogP contribution in [0.15, 0.2) is 97.2 Å². The van der Waals surface area contributed by atoms with Gasteiger partial charge in [0.05, 0.1) is 32.7 Å². The molecule has 5 aromatic rings. The van der Waals surface area contributed by atoms with Crippen molar-refractivity contribution in [2.24, 2.45) is 0 Å². The largest absolute Gasteiger partial charge is 0.493 e. The second-order valence-electron chi connectivity index (χ2n) is 9.45. The number of carbonyl (C=O) groups excluding carboxylic acids is 1. The highest BCUT2D eigenvalue weighted by molar-refractivity contribution is 6.15. The van der Waals surface area contributed by atoms with Crippen LogP contribution in [-0.2, 0) is 0 Å². The first-order chi connectivity index (χ1) is 18.9. The van der Waals surface area contributed by atoms with Crippen LogP contribution in [0.4, 0.5) is 0 Å². The van der Waals surface area contributed by atoms with E-state index in [1.165, 1.54) is 0 Å². The molecule has 5 heteroatoms. The topological polar surface area (TPSA) is 49.7 Å². The van der Waals surface area contributed by atoms with Crippen molar-refractivity contribution in [2.75, 3.05) is 21.3 Å². The average molecular weight is 518 g/mol. The molecule has 1 heterocycles. The summed E-state index contributed by atoms with van der Waals surface area (Å²) >= 11 is 0. The third-order valence-corrected chi connectivity index (χ3v) is 6.88. The SMILES string of the molecule is COc1cc(-n2cc(C(=O)c3ccc(C)cc3)c(-c3ccccc3)c2-c2ccc(C)cc2)cc(OC)c1OC. The molecule has 0 bridgehead atoms. The third-order valence-electron chi connectivity index (χ3n) is 6.88. The van der Waals surface area contributed by atoms with E-state index in [9.17, 15) is 4.79 Å². The van der Waals surface area contributed by atoms with Gasteiger partial charge in [0.25, 0.3) is 0 Å². The Kier molecular flexibility index (Phi) is 7.24. The molecule has 0 unspecified atom stereocenters. The summed E-state index contributed by atoms with van der Waals surface area (Å²) in [5.74, 6) is 1.52. The van der Waals surface area contributed by atoms with Crippen molar-refractivity contribution < 1.29 is 19.0 Å². The van der Waals surface area contributed by atoms with Gasteiger partial charge in [-0.15, -0.1) is 0 Å². The van der Waals surface area contributed by atoms with Gasteiger partial charge in [-0.1, -0.05) is 90.0 Å². The summed E-state index contributed by atoms with van der Waals surface area (Å²) in [4.78, 5) is 14.1. The molecular formula is C34H31NO4. The number of hydrogen-bond donors (Lipinski definition) is 0. The first-order valence-corrected chi connectivity index (χ1v) is 12.7. The van der Waals surface area contributed by atoms with Gasteiger partial charge >= 0.3 is 0 Å². The molecule has 0 aliphatic heterocycles. The predicted molar refractivity (Wildman–Crippen MR) is 156 cm³/mol. The van der Waals surface area contributed by atoms with E-state index in [0.717, 1.165) is 39.2 Å². The number of ether oxygens (including phenoxy) is 3. The zero-order chi connectivity index (χ0) is 27.5. The number of rotatable bonds is 8. The summed E-state index contributed by atoms with van der Waals surface area (Å²) in [6.45, 7) is 4.08. The monoisotopic (exact) mass is 517 g/mol. The molecule has 39 heavy (non-hydrogen) atoms. The molecule has 5 rings (SSSR count). The fourth-order valence-electron chi connectivity index (χ4n) is 4.84. The van der Waals surface area contributed by atoms with Gasteiger partial charge in [0.15, 0.2) is 17.3 Å². The highest BCUT2D eigenvalue weighted by Gasteiger charge is 2.26. The molecule has 196 valence electrons. The molecule has 0 N–H and O–H groups in total. The van der Waals surface area contributed by atoms with Crippen molar-refractivity contribution in [2.45, 2.75) is 13.8 Å². The van der Waals surface area contributed by atoms with Gasteiger partial charge in [0.2, 0.25) is 5.75 Å². The Balaban J connectivity index is 1.87. The third kappa shape index (κ3) is 4.91. The second kappa shape index (κ2) is 10.9. The van der Waals surface area contributed by atoms with E-state index in [4.69, 9.17) is 14.2 Å². The van der Waals surface area contributed by atoms with E-state index in [1.807, 2.05) is 84.4 Å². The van der Waals surface area contributed by atoms with E-state index in [-0.39, 0.29) is 5.78 Å². The standard InChI is InChI=1S/C34H31NO4/c1-22-11-15-25(16-12-22)32-31(24-9-7-6-8-10-24)28(33(36)26-17-13-23(2)14-18-26)21-35(32)27-19-29(37-3)34(39-5)30(20-27)38-4/h6-21H,1-5H3. The molecule has 0 atom stereocenters. The number of nitrogens with zero attached hydrogens (tertiary/aromatic N) is 1. The average Bonchev–Trinajstić information content (AvgIpc) is 3.38. The van der Waals surface area contributed by atoms with Crippen LogP contribution in [-0.4, -0.2) is 31.7 Å². The van der Waals surface area contributed by atoms with Crippen LogP contribution >= 0.6 is 0 Å². The van der Waals surface area contributed by atoms with E-state index < -0.39 is 0 Å². The zero-order valence-corrected chi connectivity index (χ0v) is 22.8. The van der Waals surface area contributed by atoms with Gasteiger partial charge in [-0.05, 0) is 25.0 Å². The van der Waals surface area contributed by atoms with Crippen LogP contribution in [0.3, 0.4) is 0 Å². The smallest absolute Gasteiger partial charge is 0.203 e. The second-order valence-corrected chi connectivity index (χ2v) is 9.45. The Morgan fingerprint density at radius 2 is 1.23 bits per heavy atom. The zero-order valence-electron chi connectivity index (χ0n) is 22.8. The summed E-state index contributed by atoms with van der Waals surface area (Å²) < 4.78 is 18.9. The lowest BCUT2D eigenvalue weighted by molar-refractivity contribution is 0.103. The molecular weight excluding hydrogens is 486 g/mol. The Labute approximate surface area is 229 Å². The first kappa shape index (κ1) is 25.9. The van der Waals surface area contributed by atoms with Gasteiger partial charge in [-0.3, -0.25) is 4.79 Å². The summed E-state index contributed by atoms with van der Waals surface area (Å²) in [5, 5.41) is 0. The minimum Gasteiger partial charge on any atom is -0.493 e. The predicted octanol–water partition coefficient (Wildman–Crippen LogP) is 7.68. The molecule has 4 aromatic carbocycles. The first-order valence-electron chi connectivity index (χ1n) is 12.7. The summed E-state index contributed by atoms with van der Waals surface area (Å²) in [6.07, 6.45) is 1.92. The van der Waals surface area contributed by atoms with Crippen LogP contribution in [0, 0.1) is 13.8 Å². The van der Waals surface area contributed by atoms with Gasteiger partial charge in [0.1, 0.15) is 0 Å². The van der Waals surface area contributed by atoms with Crippen LogP contribution in [0.2, 0.25) is 0 Å². The number of benzene rings is 4. The van der Waals surface area contributed by atoms with Gasteiger partial charge in [-0.2, -0.15) is 0 Å². The minimum absolute atomic E-state index is 0.0478. The van der Waals surface area contributed by atoms with E-state index in [2.05, 4.69) is 31.2 Å². The van der Waals surface area contributed by atoms with Gasteiger partial charge < -0.3 is 18.8 Å². The Morgan fingerprint density at radius 1 is 0.667 bits per heavy atom. The number of carbonyl (C=O) groups is 1. The van der Waals surface area contributed by atoms with Gasteiger partial charge in [-0.25, -0.2) is 0 Å². The number of hydrogen-bond acceptors (Lipinski definition) is 4. The molecule has 0 radical (unpaired) electrons. The van der Waals surface area contributed by atoms with E-state index >= 15 is 0 Å². The Bertz CT molecular complexity index is 1590. The molecule has 0 aliphatic rings. The molecule has 1 aromatic heterocycles. The van der Waals surface area contributed by atoms with Crippen molar-refractivity contribution in [1.82, 2.24) is 4.57 Å². The maximum atomic E-state index is 14.1. The molecule has 0 amide bonds. The molecule has 0 saturated carbocycles. The minimum atomic E-state index is -0.0478. The fourth-order valence-corrected chi connectivity index (χ4v) is 4.84. The lowest BCUT2D eigenvalue weighted by Gasteiger charge is -2.17. The van der Waals surface area contributed by atoms with Crippen molar-refractivity contribution in [1.29, 1.82) is 0 Å². The summed E-state index contributed by atoms with van der Waals surface area (Å²) in [5.41, 5.74) is 7.97. The van der Waals surface area contributed by atoms with Crippen LogP contribution in [0.25, 0.3) is 28.1 Å². The maximum Gasteiger partial charge on any atom is 0.203 e. The molecule has 0 fully saturated rings. The highest BCUT2D eigenvalue weighted by atomic mass is 16.5. The van der Waals surface area contributed by atoms with Crippen LogP contribution < -0.4 is 14.2 Å². The van der Waals surface area contributed by atoms with Crippen LogP contribution in [0.5, 0.6) is 17.2 Å². The number of aryl methyl sites for hydroxylation is 2.